The largest absolute Gasteiger partial charge is 0.438 e. The van der Waals surface area contributed by atoms with Gasteiger partial charge in [0.05, 0.1) is 18.3 Å². The fraction of sp³-hybridized carbons (Fsp3) is 0.455. The quantitative estimate of drug-likeness (QED) is 0.363. The van der Waals surface area contributed by atoms with Gasteiger partial charge in [-0.05, 0) is 12.8 Å². The number of carbonyl (C=O) groups is 2. The molecule has 0 spiro atoms. The Kier molecular flexibility index (Phi) is 3.98. The molecule has 0 aliphatic carbocycles. The normalized spacial score (nSPS) is 23.5. The Morgan fingerprint density at radius 3 is 2.88 bits per heavy atom. The first-order chi connectivity index (χ1) is 11.3. The van der Waals surface area contributed by atoms with E-state index in [2.05, 4.69) is 14.6 Å². The molecule has 3 rings (SSSR count). The number of amides is 3. The molecule has 24 heavy (non-hydrogen) atoms. The van der Waals surface area contributed by atoms with Crippen LogP contribution in [0.25, 0.3) is 0 Å². The van der Waals surface area contributed by atoms with Gasteiger partial charge in [0, 0.05) is 6.54 Å². The molecule has 0 unspecified atom stereocenters. The maximum atomic E-state index is 12.2. The molecule has 2 atom stereocenters. The lowest BCUT2D eigenvalue weighted by molar-refractivity contribution is -0.0316. The van der Waals surface area contributed by atoms with E-state index in [0.29, 0.717) is 17.9 Å². The highest BCUT2D eigenvalue weighted by molar-refractivity contribution is 7.80. The molecule has 2 aliphatic heterocycles. The minimum atomic E-state index is -4.83. The van der Waals surface area contributed by atoms with E-state index in [4.69, 9.17) is 14.4 Å². The third-order valence-electron chi connectivity index (χ3n) is 3.73. The number of amidine groups is 1. The first-order valence-corrected chi connectivity index (χ1v) is 8.18. The minimum absolute atomic E-state index is 0.0856. The van der Waals surface area contributed by atoms with E-state index >= 15 is 0 Å². The van der Waals surface area contributed by atoms with Crippen LogP contribution >= 0.6 is 0 Å². The van der Waals surface area contributed by atoms with Crippen molar-refractivity contribution in [3.63, 3.8) is 0 Å². The summed E-state index contributed by atoms with van der Waals surface area (Å²) in [5.74, 6) is -1.01. The van der Waals surface area contributed by atoms with E-state index in [1.807, 2.05) is 0 Å². The molecular weight excluding hydrogens is 346 g/mol. The highest BCUT2D eigenvalue weighted by Crippen LogP contribution is 2.30. The molecule has 1 aromatic rings. The van der Waals surface area contributed by atoms with Gasteiger partial charge < -0.3 is 14.6 Å². The number of rotatable bonds is 4. The molecule has 3 heterocycles. The maximum absolute atomic E-state index is 12.2. The molecular formula is C11H13N5O7S. The number of hydrogen-bond acceptors (Lipinski definition) is 8. The van der Waals surface area contributed by atoms with Crippen LogP contribution in [0.5, 0.6) is 0 Å². The zero-order valence-electron chi connectivity index (χ0n) is 12.1. The van der Waals surface area contributed by atoms with Gasteiger partial charge in [0.25, 0.3) is 5.91 Å². The van der Waals surface area contributed by atoms with Crippen molar-refractivity contribution in [1.82, 2.24) is 20.3 Å². The van der Waals surface area contributed by atoms with E-state index < -0.39 is 34.4 Å². The Morgan fingerprint density at radius 2 is 2.25 bits per heavy atom. The summed E-state index contributed by atoms with van der Waals surface area (Å²) >= 11 is 0. The Labute approximate surface area is 135 Å². The number of aromatic nitrogens is 1. The Hall–Kier alpha value is -2.51. The van der Waals surface area contributed by atoms with E-state index in [1.54, 1.807) is 0 Å². The number of urea groups is 1. The van der Waals surface area contributed by atoms with E-state index in [1.165, 1.54) is 11.1 Å². The topological polar surface area (TPSA) is 166 Å². The van der Waals surface area contributed by atoms with Crippen LogP contribution in [-0.2, 0) is 14.7 Å². The molecule has 3 N–H and O–H groups in total. The highest BCUT2D eigenvalue weighted by Gasteiger charge is 2.48. The summed E-state index contributed by atoms with van der Waals surface area (Å²) in [6.45, 7) is 0.111. The lowest BCUT2D eigenvalue weighted by atomic mass is 10.00. The molecule has 2 fully saturated rings. The Bertz CT molecular complexity index is 777. The average Bonchev–Trinajstić information content (AvgIpc) is 3.11. The smallest absolute Gasteiger partial charge is 0.418 e. The van der Waals surface area contributed by atoms with Crippen LogP contribution in [0.4, 0.5) is 4.79 Å². The van der Waals surface area contributed by atoms with E-state index in [0.717, 1.165) is 6.39 Å². The first-order valence-electron chi connectivity index (χ1n) is 6.81. The summed E-state index contributed by atoms with van der Waals surface area (Å²) in [6, 6.07) is -2.12. The van der Waals surface area contributed by atoms with Crippen LogP contribution in [0.1, 0.15) is 23.4 Å². The van der Waals surface area contributed by atoms with Gasteiger partial charge in [-0.2, -0.15) is 13.5 Å². The highest BCUT2D eigenvalue weighted by atomic mass is 32.3. The van der Waals surface area contributed by atoms with Crippen molar-refractivity contribution < 1.29 is 31.3 Å². The van der Waals surface area contributed by atoms with Crippen molar-refractivity contribution in [2.75, 3.05) is 6.54 Å². The second-order valence-corrected chi connectivity index (χ2v) is 6.25. The van der Waals surface area contributed by atoms with Crippen LogP contribution in [0.2, 0.25) is 0 Å². The number of carbonyl (C=O) groups excluding carboxylic acids is 2. The van der Waals surface area contributed by atoms with Crippen molar-refractivity contribution >= 4 is 28.2 Å². The molecule has 3 amide bonds. The van der Waals surface area contributed by atoms with Gasteiger partial charge in [-0.25, -0.2) is 9.78 Å². The number of oxazole rings is 1. The van der Waals surface area contributed by atoms with Gasteiger partial charge in [-0.15, -0.1) is 4.28 Å². The second-order valence-electron chi connectivity index (χ2n) is 5.24. The molecule has 0 saturated carbocycles. The molecule has 2 aliphatic rings. The van der Waals surface area contributed by atoms with Crippen molar-refractivity contribution in [2.45, 2.75) is 24.9 Å². The van der Waals surface area contributed by atoms with Crippen LogP contribution < -0.4 is 5.32 Å². The fourth-order valence-electron chi connectivity index (χ4n) is 2.73. The summed E-state index contributed by atoms with van der Waals surface area (Å²) < 4.78 is 39.5. The monoisotopic (exact) mass is 359 g/mol. The first kappa shape index (κ1) is 16.4. The lowest BCUT2D eigenvalue weighted by Crippen LogP contribution is -2.50. The van der Waals surface area contributed by atoms with Gasteiger partial charge in [0.1, 0.15) is 5.84 Å². The number of piperidine rings is 1. The van der Waals surface area contributed by atoms with E-state index in [-0.39, 0.29) is 18.1 Å². The van der Waals surface area contributed by atoms with Gasteiger partial charge in [-0.3, -0.25) is 14.8 Å². The van der Waals surface area contributed by atoms with Crippen LogP contribution in [0.3, 0.4) is 0 Å². The van der Waals surface area contributed by atoms with Crippen molar-refractivity contribution in [3.8, 4) is 0 Å². The predicted octanol–water partition coefficient (Wildman–Crippen LogP) is -0.615. The summed E-state index contributed by atoms with van der Waals surface area (Å²) in [5, 5.41) is 10.9. The van der Waals surface area contributed by atoms with Crippen LogP contribution in [0.15, 0.2) is 17.0 Å². The van der Waals surface area contributed by atoms with E-state index in [9.17, 15) is 18.0 Å². The summed E-state index contributed by atoms with van der Waals surface area (Å²) in [4.78, 5) is 28.9. The van der Waals surface area contributed by atoms with Crippen molar-refractivity contribution in [3.05, 3.63) is 18.4 Å². The average molecular weight is 359 g/mol. The molecule has 130 valence electrons. The predicted molar refractivity (Wildman–Crippen MR) is 75.1 cm³/mol. The fourth-order valence-corrected chi connectivity index (χ4v) is 3.12. The lowest BCUT2D eigenvalue weighted by Gasteiger charge is -2.30. The molecule has 2 saturated heterocycles. The number of hydrogen-bond donors (Lipinski definition) is 3. The van der Waals surface area contributed by atoms with Gasteiger partial charge in [-0.1, -0.05) is 0 Å². The summed E-state index contributed by atoms with van der Waals surface area (Å²) in [6.07, 6.45) is 2.90. The molecule has 13 heteroatoms. The summed E-state index contributed by atoms with van der Waals surface area (Å²) in [5.41, 5.74) is 0. The zero-order valence-corrected chi connectivity index (χ0v) is 12.9. The zero-order chi connectivity index (χ0) is 17.5. The summed E-state index contributed by atoms with van der Waals surface area (Å²) in [7, 11) is -4.83. The third kappa shape index (κ3) is 3.08. The Balaban J connectivity index is 1.69. The SMILES string of the molecule is N=C(NC(=O)c1cnco1)[C@@H]1CC[C@@H]2CN1C(=O)N2OS(=O)(=O)O. The molecule has 0 radical (unpaired) electrons. The van der Waals surface area contributed by atoms with Crippen LogP contribution in [0, 0.1) is 5.41 Å². The number of nitrogens with one attached hydrogen (secondary N) is 2. The molecule has 12 nitrogen and oxygen atoms in total. The number of hydroxylamine groups is 2. The van der Waals surface area contributed by atoms with Gasteiger partial charge in [0.2, 0.25) is 5.76 Å². The van der Waals surface area contributed by atoms with Gasteiger partial charge >= 0.3 is 16.4 Å². The van der Waals surface area contributed by atoms with Crippen LogP contribution in [-0.4, -0.2) is 64.3 Å². The van der Waals surface area contributed by atoms with Gasteiger partial charge in [0.15, 0.2) is 6.39 Å². The molecule has 1 aromatic heterocycles. The van der Waals surface area contributed by atoms with Crippen molar-refractivity contribution in [1.29, 1.82) is 5.41 Å². The Morgan fingerprint density at radius 1 is 1.50 bits per heavy atom. The standard InChI is InChI=1S/C11H13N5O7S/c12-9(14-10(17)8-3-13-5-22-8)7-2-1-6-4-15(7)11(18)16(6)23-24(19,20)21/h3,5-7H,1-2,4H2,(H2,12,14,17)(H,19,20,21)/t6-,7+/m1/s1. The minimum Gasteiger partial charge on any atom is -0.438 e. The maximum Gasteiger partial charge on any atom is 0.418 e. The number of nitrogens with zero attached hydrogens (tertiary/aromatic N) is 3. The second kappa shape index (κ2) is 5.85. The van der Waals surface area contributed by atoms with Crippen molar-refractivity contribution in [2.24, 2.45) is 0 Å². The molecule has 0 aromatic carbocycles. The molecule has 2 bridgehead atoms. The number of fused-ring (bicyclic) bond motifs is 2. The third-order valence-corrected chi connectivity index (χ3v) is 4.08.